The molecule has 0 spiro atoms. The number of fused-ring (bicyclic) bond motifs is 1. The summed E-state index contributed by atoms with van der Waals surface area (Å²) >= 11 is 0. The number of ether oxygens (including phenoxy) is 1. The maximum atomic E-state index is 5.72. The standard InChI is InChI=1S/C15H22N2O/c1-4-18-10-13-9-17(11(2)3)15-7-12(8-16)5-6-14(13)15/h5-7,9,11H,4,8,10,16H2,1-3H3. The van der Waals surface area contributed by atoms with Crippen molar-refractivity contribution < 1.29 is 4.74 Å². The Labute approximate surface area is 109 Å². The topological polar surface area (TPSA) is 40.2 Å². The van der Waals surface area contributed by atoms with E-state index in [1.54, 1.807) is 0 Å². The van der Waals surface area contributed by atoms with Crippen LogP contribution in [-0.2, 0) is 17.9 Å². The molecule has 2 N–H and O–H groups in total. The van der Waals surface area contributed by atoms with E-state index in [1.807, 2.05) is 6.92 Å². The minimum Gasteiger partial charge on any atom is -0.377 e. The average molecular weight is 246 g/mol. The van der Waals surface area contributed by atoms with Gasteiger partial charge < -0.3 is 15.0 Å². The molecule has 0 unspecified atom stereocenters. The highest BCUT2D eigenvalue weighted by Crippen LogP contribution is 2.26. The maximum Gasteiger partial charge on any atom is 0.0737 e. The monoisotopic (exact) mass is 246 g/mol. The van der Waals surface area contributed by atoms with Crippen molar-refractivity contribution in [1.29, 1.82) is 0 Å². The molecule has 0 saturated carbocycles. The molecule has 1 heterocycles. The van der Waals surface area contributed by atoms with E-state index in [0.29, 0.717) is 19.2 Å². The number of hydrogen-bond acceptors (Lipinski definition) is 2. The SMILES string of the molecule is CCOCc1cn(C(C)C)c2cc(CN)ccc12. The van der Waals surface area contributed by atoms with Gasteiger partial charge in [0.2, 0.25) is 0 Å². The highest BCUT2D eigenvalue weighted by atomic mass is 16.5. The zero-order chi connectivity index (χ0) is 13.1. The third-order valence-corrected chi connectivity index (χ3v) is 3.23. The molecule has 1 aromatic heterocycles. The van der Waals surface area contributed by atoms with Gasteiger partial charge in [-0.25, -0.2) is 0 Å². The summed E-state index contributed by atoms with van der Waals surface area (Å²) in [5.74, 6) is 0. The van der Waals surface area contributed by atoms with Crippen LogP contribution in [0.15, 0.2) is 24.4 Å². The van der Waals surface area contributed by atoms with Gasteiger partial charge in [-0.15, -0.1) is 0 Å². The molecule has 2 rings (SSSR count). The van der Waals surface area contributed by atoms with Crippen LogP contribution >= 0.6 is 0 Å². The first-order chi connectivity index (χ1) is 8.67. The predicted octanol–water partition coefficient (Wildman–Crippen LogP) is 3.22. The van der Waals surface area contributed by atoms with E-state index in [1.165, 1.54) is 22.0 Å². The van der Waals surface area contributed by atoms with E-state index in [9.17, 15) is 0 Å². The van der Waals surface area contributed by atoms with E-state index >= 15 is 0 Å². The van der Waals surface area contributed by atoms with E-state index in [4.69, 9.17) is 10.5 Å². The molecule has 2 aromatic rings. The van der Waals surface area contributed by atoms with E-state index in [-0.39, 0.29) is 0 Å². The normalized spacial score (nSPS) is 11.6. The molecular formula is C15H22N2O. The molecule has 0 aliphatic carbocycles. The summed E-state index contributed by atoms with van der Waals surface area (Å²) in [7, 11) is 0. The van der Waals surface area contributed by atoms with Crippen molar-refractivity contribution in [2.24, 2.45) is 5.73 Å². The van der Waals surface area contributed by atoms with Crippen LogP contribution in [0.5, 0.6) is 0 Å². The quantitative estimate of drug-likeness (QED) is 0.880. The number of aromatic nitrogens is 1. The highest BCUT2D eigenvalue weighted by molar-refractivity contribution is 5.84. The molecule has 0 aliphatic heterocycles. The smallest absolute Gasteiger partial charge is 0.0737 e. The fraction of sp³-hybridized carbons (Fsp3) is 0.467. The summed E-state index contributed by atoms with van der Waals surface area (Å²) in [5.41, 5.74) is 9.40. The summed E-state index contributed by atoms with van der Waals surface area (Å²) < 4.78 is 7.83. The molecule has 0 amide bonds. The zero-order valence-electron chi connectivity index (χ0n) is 11.4. The Morgan fingerprint density at radius 1 is 1.33 bits per heavy atom. The first-order valence-corrected chi connectivity index (χ1v) is 6.57. The van der Waals surface area contributed by atoms with Gasteiger partial charge in [-0.1, -0.05) is 12.1 Å². The third kappa shape index (κ3) is 2.42. The Hall–Kier alpha value is -1.32. The van der Waals surface area contributed by atoms with Crippen molar-refractivity contribution >= 4 is 10.9 Å². The van der Waals surface area contributed by atoms with Gasteiger partial charge in [0.05, 0.1) is 6.61 Å². The predicted molar refractivity (Wildman–Crippen MR) is 75.5 cm³/mol. The molecule has 3 heteroatoms. The number of hydrogen-bond donors (Lipinski definition) is 1. The molecule has 0 saturated heterocycles. The summed E-state index contributed by atoms with van der Waals surface area (Å²) in [6, 6.07) is 6.88. The van der Waals surface area contributed by atoms with Gasteiger partial charge in [0.15, 0.2) is 0 Å². The lowest BCUT2D eigenvalue weighted by Crippen LogP contribution is -2.00. The average Bonchev–Trinajstić information content (AvgIpc) is 2.74. The van der Waals surface area contributed by atoms with Crippen LogP contribution in [0.3, 0.4) is 0 Å². The maximum absolute atomic E-state index is 5.72. The first-order valence-electron chi connectivity index (χ1n) is 6.57. The van der Waals surface area contributed by atoms with Gasteiger partial charge in [-0.05, 0) is 32.4 Å². The third-order valence-electron chi connectivity index (χ3n) is 3.23. The summed E-state index contributed by atoms with van der Waals surface area (Å²) in [6.07, 6.45) is 2.20. The van der Waals surface area contributed by atoms with Gasteiger partial charge in [-0.2, -0.15) is 0 Å². The Morgan fingerprint density at radius 2 is 2.11 bits per heavy atom. The Bertz CT molecular complexity index is 529. The fourth-order valence-electron chi connectivity index (χ4n) is 2.25. The van der Waals surface area contributed by atoms with Crippen molar-refractivity contribution in [2.75, 3.05) is 6.61 Å². The lowest BCUT2D eigenvalue weighted by atomic mass is 10.1. The van der Waals surface area contributed by atoms with Crippen LogP contribution in [0.1, 0.15) is 37.9 Å². The molecule has 0 aliphatic rings. The first kappa shape index (κ1) is 13.1. The fourth-order valence-corrected chi connectivity index (χ4v) is 2.25. The van der Waals surface area contributed by atoms with Gasteiger partial charge in [0, 0.05) is 41.9 Å². The Balaban J connectivity index is 2.53. The van der Waals surface area contributed by atoms with Crippen LogP contribution in [-0.4, -0.2) is 11.2 Å². The lowest BCUT2D eigenvalue weighted by Gasteiger charge is -2.09. The highest BCUT2D eigenvalue weighted by Gasteiger charge is 2.11. The lowest BCUT2D eigenvalue weighted by molar-refractivity contribution is 0.135. The van der Waals surface area contributed by atoms with Crippen LogP contribution in [0, 0.1) is 0 Å². The summed E-state index contributed by atoms with van der Waals surface area (Å²) in [5, 5.41) is 1.27. The van der Waals surface area contributed by atoms with Gasteiger partial charge in [-0.3, -0.25) is 0 Å². The van der Waals surface area contributed by atoms with Gasteiger partial charge in [0.25, 0.3) is 0 Å². The molecular weight excluding hydrogens is 224 g/mol. The number of rotatable bonds is 5. The number of benzene rings is 1. The van der Waals surface area contributed by atoms with Crippen molar-refractivity contribution in [3.63, 3.8) is 0 Å². The second-order valence-corrected chi connectivity index (χ2v) is 4.85. The summed E-state index contributed by atoms with van der Waals surface area (Å²) in [4.78, 5) is 0. The number of nitrogens with two attached hydrogens (primary N) is 1. The second-order valence-electron chi connectivity index (χ2n) is 4.85. The summed E-state index contributed by atoms with van der Waals surface area (Å²) in [6.45, 7) is 8.41. The van der Waals surface area contributed by atoms with Crippen molar-refractivity contribution in [3.05, 3.63) is 35.5 Å². The zero-order valence-corrected chi connectivity index (χ0v) is 11.4. The molecule has 18 heavy (non-hydrogen) atoms. The molecule has 98 valence electrons. The van der Waals surface area contributed by atoms with Crippen molar-refractivity contribution in [2.45, 2.75) is 40.0 Å². The Kier molecular flexibility index (Phi) is 4.04. The van der Waals surface area contributed by atoms with Crippen molar-refractivity contribution in [3.8, 4) is 0 Å². The van der Waals surface area contributed by atoms with Gasteiger partial charge >= 0.3 is 0 Å². The van der Waals surface area contributed by atoms with E-state index < -0.39 is 0 Å². The molecule has 3 nitrogen and oxygen atoms in total. The van der Waals surface area contributed by atoms with Crippen LogP contribution in [0.25, 0.3) is 10.9 Å². The van der Waals surface area contributed by atoms with Crippen LogP contribution in [0.4, 0.5) is 0 Å². The number of nitrogens with zero attached hydrogens (tertiary/aromatic N) is 1. The van der Waals surface area contributed by atoms with E-state index in [2.05, 4.69) is 42.8 Å². The largest absolute Gasteiger partial charge is 0.377 e. The minimum atomic E-state index is 0.441. The molecule has 0 radical (unpaired) electrons. The van der Waals surface area contributed by atoms with Crippen LogP contribution in [0.2, 0.25) is 0 Å². The van der Waals surface area contributed by atoms with E-state index in [0.717, 1.165) is 6.61 Å². The van der Waals surface area contributed by atoms with Crippen molar-refractivity contribution in [1.82, 2.24) is 4.57 Å². The van der Waals surface area contributed by atoms with Crippen LogP contribution < -0.4 is 5.73 Å². The second kappa shape index (κ2) is 5.55. The molecule has 0 fully saturated rings. The molecule has 1 aromatic carbocycles. The Morgan fingerprint density at radius 3 is 2.72 bits per heavy atom. The molecule has 0 atom stereocenters. The molecule has 0 bridgehead atoms. The van der Waals surface area contributed by atoms with Gasteiger partial charge in [0.1, 0.15) is 0 Å². The minimum absolute atomic E-state index is 0.441.